The summed E-state index contributed by atoms with van der Waals surface area (Å²) in [5.74, 6) is 0.838. The highest BCUT2D eigenvalue weighted by Crippen LogP contribution is 2.38. The molecule has 31 heavy (non-hydrogen) atoms. The number of hydrogen-bond acceptors (Lipinski definition) is 7. The molecule has 0 aromatic heterocycles. The standard InChI is InChI=1S/C22H20ClN3O5/c1-29-20-9-8-17(12-18(20)23)25-24-13-16-10-19(26(27)28)22(21(11-16)30-2)31-14-15-6-4-3-5-7-15/h3-13,25H,14H2,1-2H3/b24-13+. The van der Waals surface area contributed by atoms with Crippen LogP contribution in [0.1, 0.15) is 11.1 Å². The Kier molecular flexibility index (Phi) is 7.29. The molecule has 0 fully saturated rings. The fraction of sp³-hybridized carbons (Fsp3) is 0.136. The lowest BCUT2D eigenvalue weighted by atomic mass is 10.1. The molecule has 0 radical (unpaired) electrons. The van der Waals surface area contributed by atoms with Gasteiger partial charge in [0.2, 0.25) is 5.75 Å². The Balaban J connectivity index is 1.81. The molecule has 0 heterocycles. The second-order valence-corrected chi connectivity index (χ2v) is 6.73. The van der Waals surface area contributed by atoms with Crippen molar-refractivity contribution < 1.29 is 19.1 Å². The van der Waals surface area contributed by atoms with Gasteiger partial charge in [-0.2, -0.15) is 5.10 Å². The third kappa shape index (κ3) is 5.64. The monoisotopic (exact) mass is 441 g/mol. The Morgan fingerprint density at radius 3 is 2.45 bits per heavy atom. The van der Waals surface area contributed by atoms with Crippen molar-refractivity contribution in [2.45, 2.75) is 6.61 Å². The van der Waals surface area contributed by atoms with Crippen LogP contribution < -0.4 is 19.6 Å². The Morgan fingerprint density at radius 2 is 1.81 bits per heavy atom. The van der Waals surface area contributed by atoms with E-state index in [2.05, 4.69) is 10.5 Å². The lowest BCUT2D eigenvalue weighted by Gasteiger charge is -2.12. The number of hydrogen-bond donors (Lipinski definition) is 1. The number of ether oxygens (including phenoxy) is 3. The molecule has 0 spiro atoms. The minimum Gasteiger partial charge on any atom is -0.495 e. The summed E-state index contributed by atoms with van der Waals surface area (Å²) in [5.41, 5.74) is 4.57. The van der Waals surface area contributed by atoms with Crippen molar-refractivity contribution in [1.82, 2.24) is 0 Å². The number of halogens is 1. The third-order valence-electron chi connectivity index (χ3n) is 4.26. The zero-order chi connectivity index (χ0) is 22.2. The quantitative estimate of drug-likeness (QED) is 0.275. The molecule has 0 atom stereocenters. The van der Waals surface area contributed by atoms with Gasteiger partial charge >= 0.3 is 5.69 Å². The first-order valence-electron chi connectivity index (χ1n) is 9.17. The number of nitro benzene ring substituents is 1. The van der Waals surface area contributed by atoms with Crippen LogP contribution in [0.4, 0.5) is 11.4 Å². The summed E-state index contributed by atoms with van der Waals surface area (Å²) in [6, 6.07) is 17.4. The minimum atomic E-state index is -0.517. The van der Waals surface area contributed by atoms with Crippen LogP contribution in [-0.2, 0) is 6.61 Å². The summed E-state index contributed by atoms with van der Waals surface area (Å²) in [4.78, 5) is 11.1. The van der Waals surface area contributed by atoms with Gasteiger partial charge in [0, 0.05) is 11.6 Å². The van der Waals surface area contributed by atoms with E-state index in [0.29, 0.717) is 22.0 Å². The Bertz CT molecular complexity index is 1090. The molecule has 0 aliphatic heterocycles. The lowest BCUT2D eigenvalue weighted by molar-refractivity contribution is -0.386. The summed E-state index contributed by atoms with van der Waals surface area (Å²) < 4.78 is 16.2. The van der Waals surface area contributed by atoms with Crippen LogP contribution in [0.5, 0.6) is 17.2 Å². The van der Waals surface area contributed by atoms with Crippen molar-refractivity contribution in [3.8, 4) is 17.2 Å². The van der Waals surface area contributed by atoms with Gasteiger partial charge < -0.3 is 14.2 Å². The Hall–Kier alpha value is -3.78. The van der Waals surface area contributed by atoms with Crippen molar-refractivity contribution in [3.05, 3.63) is 86.9 Å². The predicted molar refractivity (Wildman–Crippen MR) is 120 cm³/mol. The average Bonchev–Trinajstić information content (AvgIpc) is 2.78. The topological polar surface area (TPSA) is 95.2 Å². The molecule has 160 valence electrons. The molecule has 3 rings (SSSR count). The molecule has 3 aromatic rings. The van der Waals surface area contributed by atoms with Gasteiger partial charge in [-0.3, -0.25) is 15.5 Å². The summed E-state index contributed by atoms with van der Waals surface area (Å²) >= 11 is 6.09. The molecule has 0 aliphatic rings. The summed E-state index contributed by atoms with van der Waals surface area (Å²) in [6.07, 6.45) is 1.44. The second kappa shape index (κ2) is 10.3. The van der Waals surface area contributed by atoms with Gasteiger partial charge in [-0.25, -0.2) is 0 Å². The number of nitrogens with one attached hydrogen (secondary N) is 1. The maximum Gasteiger partial charge on any atom is 0.315 e. The first-order valence-corrected chi connectivity index (χ1v) is 9.55. The van der Waals surface area contributed by atoms with Crippen LogP contribution >= 0.6 is 11.6 Å². The molecule has 0 bridgehead atoms. The maximum absolute atomic E-state index is 11.6. The predicted octanol–water partition coefficient (Wildman–Crippen LogP) is 5.29. The highest BCUT2D eigenvalue weighted by atomic mass is 35.5. The molecule has 9 heteroatoms. The fourth-order valence-electron chi connectivity index (χ4n) is 2.76. The number of benzene rings is 3. The molecule has 8 nitrogen and oxygen atoms in total. The summed E-state index contributed by atoms with van der Waals surface area (Å²) in [5, 5.41) is 16.2. The van der Waals surface area contributed by atoms with E-state index in [4.69, 9.17) is 25.8 Å². The van der Waals surface area contributed by atoms with Crippen LogP contribution in [0.3, 0.4) is 0 Å². The zero-order valence-corrected chi connectivity index (χ0v) is 17.6. The number of nitro groups is 1. The van der Waals surface area contributed by atoms with Gasteiger partial charge in [0.25, 0.3) is 0 Å². The zero-order valence-electron chi connectivity index (χ0n) is 16.9. The second-order valence-electron chi connectivity index (χ2n) is 6.32. The molecule has 0 unspecified atom stereocenters. The molecule has 0 saturated heterocycles. The first-order chi connectivity index (χ1) is 15.0. The van der Waals surface area contributed by atoms with Gasteiger partial charge in [-0.1, -0.05) is 41.9 Å². The normalized spacial score (nSPS) is 10.7. The van der Waals surface area contributed by atoms with Crippen molar-refractivity contribution in [2.75, 3.05) is 19.6 Å². The van der Waals surface area contributed by atoms with Crippen LogP contribution in [0.25, 0.3) is 0 Å². The van der Waals surface area contributed by atoms with Crippen molar-refractivity contribution in [3.63, 3.8) is 0 Å². The van der Waals surface area contributed by atoms with Crippen LogP contribution in [0.2, 0.25) is 5.02 Å². The van der Waals surface area contributed by atoms with E-state index in [9.17, 15) is 10.1 Å². The van der Waals surface area contributed by atoms with E-state index < -0.39 is 4.92 Å². The fourth-order valence-corrected chi connectivity index (χ4v) is 3.02. The number of anilines is 1. The lowest BCUT2D eigenvalue weighted by Crippen LogP contribution is -2.03. The van der Waals surface area contributed by atoms with Crippen LogP contribution in [0.15, 0.2) is 65.8 Å². The Labute approximate surface area is 184 Å². The van der Waals surface area contributed by atoms with Crippen molar-refractivity contribution >= 4 is 29.2 Å². The molecular weight excluding hydrogens is 422 g/mol. The average molecular weight is 442 g/mol. The van der Waals surface area contributed by atoms with Gasteiger partial charge in [0.15, 0.2) is 5.75 Å². The molecule has 3 aromatic carbocycles. The summed E-state index contributed by atoms with van der Waals surface area (Å²) in [6.45, 7) is 0.172. The van der Waals surface area contributed by atoms with Crippen molar-refractivity contribution in [1.29, 1.82) is 0 Å². The smallest absolute Gasteiger partial charge is 0.315 e. The van der Waals surface area contributed by atoms with Gasteiger partial charge in [0.05, 0.1) is 36.1 Å². The van der Waals surface area contributed by atoms with Crippen LogP contribution in [0, 0.1) is 10.1 Å². The Morgan fingerprint density at radius 1 is 1.06 bits per heavy atom. The van der Waals surface area contributed by atoms with Gasteiger partial charge in [-0.05, 0) is 29.8 Å². The first kappa shape index (κ1) is 21.9. The number of hydrazone groups is 1. The third-order valence-corrected chi connectivity index (χ3v) is 4.55. The molecule has 0 amide bonds. The molecule has 1 N–H and O–H groups in total. The molecule has 0 aliphatic carbocycles. The van der Waals surface area contributed by atoms with E-state index in [1.54, 1.807) is 24.3 Å². The maximum atomic E-state index is 11.6. The van der Waals surface area contributed by atoms with E-state index in [-0.39, 0.29) is 23.8 Å². The molecule has 0 saturated carbocycles. The van der Waals surface area contributed by atoms with E-state index in [0.717, 1.165) is 5.56 Å². The number of rotatable bonds is 9. The SMILES string of the molecule is COc1ccc(N/N=C/c2cc(OC)c(OCc3ccccc3)c([N+](=O)[O-])c2)cc1Cl. The minimum absolute atomic E-state index is 0.0587. The van der Waals surface area contributed by atoms with Crippen molar-refractivity contribution in [2.24, 2.45) is 5.10 Å². The van der Waals surface area contributed by atoms with E-state index in [1.165, 1.54) is 26.5 Å². The highest BCUT2D eigenvalue weighted by Gasteiger charge is 2.22. The summed E-state index contributed by atoms with van der Waals surface area (Å²) in [7, 11) is 2.95. The molecular formula is C22H20ClN3O5. The highest BCUT2D eigenvalue weighted by molar-refractivity contribution is 6.32. The van der Waals surface area contributed by atoms with Crippen LogP contribution in [-0.4, -0.2) is 25.4 Å². The van der Waals surface area contributed by atoms with Gasteiger partial charge in [0.1, 0.15) is 12.4 Å². The number of nitrogens with zero attached hydrogens (tertiary/aromatic N) is 2. The van der Waals surface area contributed by atoms with E-state index >= 15 is 0 Å². The number of methoxy groups -OCH3 is 2. The largest absolute Gasteiger partial charge is 0.495 e. The van der Waals surface area contributed by atoms with Gasteiger partial charge in [-0.15, -0.1) is 0 Å². The van der Waals surface area contributed by atoms with E-state index in [1.807, 2.05) is 30.3 Å².